The number of piperidine rings is 1. The molecular formula is C10H13ClN4O3. The van der Waals surface area contributed by atoms with E-state index in [0.29, 0.717) is 13.1 Å². The molecular weight excluding hydrogens is 260 g/mol. The zero-order valence-electron chi connectivity index (χ0n) is 9.87. The third kappa shape index (κ3) is 2.51. The van der Waals surface area contributed by atoms with Crippen LogP contribution >= 0.6 is 11.6 Å². The van der Waals surface area contributed by atoms with Gasteiger partial charge in [0.15, 0.2) is 0 Å². The topological polar surface area (TPSA) is 81.4 Å². The van der Waals surface area contributed by atoms with E-state index in [1.165, 1.54) is 6.33 Å². The molecule has 2 heterocycles. The van der Waals surface area contributed by atoms with Gasteiger partial charge in [0, 0.05) is 20.2 Å². The van der Waals surface area contributed by atoms with Gasteiger partial charge in [0.25, 0.3) is 0 Å². The van der Waals surface area contributed by atoms with Crippen LogP contribution in [0.5, 0.6) is 0 Å². The first-order chi connectivity index (χ1) is 8.63. The second-order valence-corrected chi connectivity index (χ2v) is 4.37. The molecule has 0 unspecified atom stereocenters. The lowest BCUT2D eigenvalue weighted by Gasteiger charge is -2.31. The molecule has 0 aliphatic carbocycles. The molecule has 7 nitrogen and oxygen atoms in total. The van der Waals surface area contributed by atoms with Crippen LogP contribution in [-0.2, 0) is 4.74 Å². The Hall–Kier alpha value is -1.47. The lowest BCUT2D eigenvalue weighted by Crippen LogP contribution is -2.37. The maximum absolute atomic E-state index is 11.0. The summed E-state index contributed by atoms with van der Waals surface area (Å²) in [6.45, 7) is 1.32. The second kappa shape index (κ2) is 5.45. The quantitative estimate of drug-likeness (QED) is 0.473. The highest BCUT2D eigenvalue weighted by Gasteiger charge is 2.28. The van der Waals surface area contributed by atoms with E-state index in [1.54, 1.807) is 7.11 Å². The summed E-state index contributed by atoms with van der Waals surface area (Å²) < 4.78 is 5.26. The minimum absolute atomic E-state index is 0.126. The van der Waals surface area contributed by atoms with Gasteiger partial charge < -0.3 is 9.64 Å². The SMILES string of the molecule is COC1CCN(c2ncnc(Cl)c2[N+](=O)[O-])CC1. The lowest BCUT2D eigenvalue weighted by atomic mass is 10.1. The molecule has 2 rings (SSSR count). The highest BCUT2D eigenvalue weighted by Crippen LogP contribution is 2.32. The number of methoxy groups -OCH3 is 1. The van der Waals surface area contributed by atoms with Gasteiger partial charge in [0.05, 0.1) is 11.0 Å². The van der Waals surface area contributed by atoms with Gasteiger partial charge in [-0.3, -0.25) is 10.1 Å². The van der Waals surface area contributed by atoms with Crippen molar-refractivity contribution in [1.82, 2.24) is 9.97 Å². The summed E-state index contributed by atoms with van der Waals surface area (Å²) in [6, 6.07) is 0. The molecule has 0 amide bonds. The summed E-state index contributed by atoms with van der Waals surface area (Å²) in [7, 11) is 1.67. The van der Waals surface area contributed by atoms with Gasteiger partial charge in [-0.1, -0.05) is 11.6 Å². The van der Waals surface area contributed by atoms with Crippen molar-refractivity contribution < 1.29 is 9.66 Å². The summed E-state index contributed by atoms with van der Waals surface area (Å²) in [5.74, 6) is 0.287. The molecule has 0 atom stereocenters. The van der Waals surface area contributed by atoms with Crippen LogP contribution in [0.4, 0.5) is 11.5 Å². The average Bonchev–Trinajstić information content (AvgIpc) is 2.38. The molecule has 1 aromatic heterocycles. The van der Waals surface area contributed by atoms with Crippen molar-refractivity contribution in [2.24, 2.45) is 0 Å². The van der Waals surface area contributed by atoms with E-state index in [2.05, 4.69) is 9.97 Å². The molecule has 1 aliphatic rings. The number of ether oxygens (including phenoxy) is 1. The molecule has 18 heavy (non-hydrogen) atoms. The van der Waals surface area contributed by atoms with E-state index in [-0.39, 0.29) is 22.8 Å². The van der Waals surface area contributed by atoms with E-state index in [9.17, 15) is 10.1 Å². The number of halogens is 1. The largest absolute Gasteiger partial charge is 0.381 e. The van der Waals surface area contributed by atoms with Crippen molar-refractivity contribution in [1.29, 1.82) is 0 Å². The smallest absolute Gasteiger partial charge is 0.348 e. The van der Waals surface area contributed by atoms with Crippen LogP contribution in [0.1, 0.15) is 12.8 Å². The van der Waals surface area contributed by atoms with Crippen molar-refractivity contribution in [3.05, 3.63) is 21.6 Å². The van der Waals surface area contributed by atoms with Gasteiger partial charge in [-0.2, -0.15) is 0 Å². The second-order valence-electron chi connectivity index (χ2n) is 4.02. The van der Waals surface area contributed by atoms with Gasteiger partial charge in [-0.15, -0.1) is 0 Å². The zero-order valence-corrected chi connectivity index (χ0v) is 10.6. The number of anilines is 1. The molecule has 0 saturated carbocycles. The first kappa shape index (κ1) is 13.0. The highest BCUT2D eigenvalue weighted by molar-refractivity contribution is 6.31. The van der Waals surface area contributed by atoms with Crippen LogP contribution in [-0.4, -0.2) is 41.2 Å². The van der Waals surface area contributed by atoms with Crippen LogP contribution in [0.3, 0.4) is 0 Å². The maximum atomic E-state index is 11.0. The summed E-state index contributed by atoms with van der Waals surface area (Å²) in [6.07, 6.45) is 3.08. The number of nitro groups is 1. The van der Waals surface area contributed by atoms with Crippen LogP contribution in [0.15, 0.2) is 6.33 Å². The van der Waals surface area contributed by atoms with Crippen LogP contribution in [0, 0.1) is 10.1 Å². The molecule has 0 aromatic carbocycles. The van der Waals surface area contributed by atoms with Gasteiger partial charge in [0.2, 0.25) is 11.0 Å². The Morgan fingerprint density at radius 2 is 2.17 bits per heavy atom. The molecule has 0 N–H and O–H groups in total. The molecule has 1 aromatic rings. The number of rotatable bonds is 3. The summed E-state index contributed by atoms with van der Waals surface area (Å²) in [5.41, 5.74) is -0.227. The molecule has 1 fully saturated rings. The Bertz CT molecular complexity index is 449. The number of hydrogen-bond acceptors (Lipinski definition) is 6. The van der Waals surface area contributed by atoms with Crippen molar-refractivity contribution >= 4 is 23.1 Å². The van der Waals surface area contributed by atoms with Gasteiger partial charge in [0.1, 0.15) is 6.33 Å². The zero-order chi connectivity index (χ0) is 13.1. The summed E-state index contributed by atoms with van der Waals surface area (Å²) in [5, 5.41) is 10.9. The van der Waals surface area contributed by atoms with E-state index in [0.717, 1.165) is 12.8 Å². The molecule has 0 bridgehead atoms. The molecule has 0 radical (unpaired) electrons. The van der Waals surface area contributed by atoms with E-state index in [4.69, 9.17) is 16.3 Å². The van der Waals surface area contributed by atoms with Gasteiger partial charge in [-0.05, 0) is 12.8 Å². The van der Waals surface area contributed by atoms with Crippen LogP contribution in [0.2, 0.25) is 5.15 Å². The Morgan fingerprint density at radius 1 is 1.50 bits per heavy atom. The van der Waals surface area contributed by atoms with E-state index >= 15 is 0 Å². The van der Waals surface area contributed by atoms with Crippen molar-refractivity contribution in [2.75, 3.05) is 25.1 Å². The minimum atomic E-state index is -0.542. The van der Waals surface area contributed by atoms with E-state index < -0.39 is 4.92 Å². The predicted octanol–water partition coefficient (Wildman–Crippen LogP) is 1.65. The fourth-order valence-corrected chi connectivity index (χ4v) is 2.24. The molecule has 1 saturated heterocycles. The Labute approximate surface area is 109 Å². The van der Waals surface area contributed by atoms with E-state index in [1.807, 2.05) is 4.90 Å². The monoisotopic (exact) mass is 272 g/mol. The fourth-order valence-electron chi connectivity index (χ4n) is 2.04. The Morgan fingerprint density at radius 3 is 2.72 bits per heavy atom. The molecule has 1 aliphatic heterocycles. The fraction of sp³-hybridized carbons (Fsp3) is 0.600. The Balaban J connectivity index is 2.24. The number of hydrogen-bond donors (Lipinski definition) is 0. The van der Waals surface area contributed by atoms with Crippen molar-refractivity contribution in [3.8, 4) is 0 Å². The highest BCUT2D eigenvalue weighted by atomic mass is 35.5. The van der Waals surface area contributed by atoms with Crippen LogP contribution < -0.4 is 4.90 Å². The standard InChI is InChI=1S/C10H13ClN4O3/c1-18-7-2-4-14(5-3-7)10-8(15(16)17)9(11)12-6-13-10/h6-7H,2-5H2,1H3. The van der Waals surface area contributed by atoms with Crippen molar-refractivity contribution in [2.45, 2.75) is 18.9 Å². The third-order valence-corrected chi connectivity index (χ3v) is 3.29. The lowest BCUT2D eigenvalue weighted by molar-refractivity contribution is -0.384. The molecule has 98 valence electrons. The van der Waals surface area contributed by atoms with Gasteiger partial charge >= 0.3 is 5.69 Å². The first-order valence-corrected chi connectivity index (χ1v) is 5.94. The minimum Gasteiger partial charge on any atom is -0.381 e. The van der Waals surface area contributed by atoms with Crippen molar-refractivity contribution in [3.63, 3.8) is 0 Å². The average molecular weight is 273 g/mol. The predicted molar refractivity (Wildman–Crippen MR) is 65.9 cm³/mol. The van der Waals surface area contributed by atoms with Gasteiger partial charge in [-0.25, -0.2) is 9.97 Å². The maximum Gasteiger partial charge on any atom is 0.348 e. The molecule has 8 heteroatoms. The third-order valence-electron chi connectivity index (χ3n) is 3.02. The summed E-state index contributed by atoms with van der Waals surface area (Å²) in [4.78, 5) is 19.9. The Kier molecular flexibility index (Phi) is 3.93. The number of aromatic nitrogens is 2. The first-order valence-electron chi connectivity index (χ1n) is 5.56. The molecule has 0 spiro atoms. The number of nitrogens with zero attached hydrogens (tertiary/aromatic N) is 4. The van der Waals surface area contributed by atoms with Crippen LogP contribution in [0.25, 0.3) is 0 Å². The normalized spacial score (nSPS) is 16.9. The summed E-state index contributed by atoms with van der Waals surface area (Å²) >= 11 is 5.76.